The summed E-state index contributed by atoms with van der Waals surface area (Å²) in [6.45, 7) is 1.13. The van der Waals surface area contributed by atoms with Crippen molar-refractivity contribution < 1.29 is 4.39 Å². The summed E-state index contributed by atoms with van der Waals surface area (Å²) in [6, 6.07) is 5.70. The highest BCUT2D eigenvalue weighted by molar-refractivity contribution is 5.53. The number of hydrogen-bond donors (Lipinski definition) is 0. The number of aromatic nitrogens is 3. The van der Waals surface area contributed by atoms with Gasteiger partial charge in [-0.05, 0) is 32.3 Å². The van der Waals surface area contributed by atoms with Gasteiger partial charge in [0.2, 0.25) is 0 Å². The molecule has 0 atom stereocenters. The Hall–Kier alpha value is -2.08. The van der Waals surface area contributed by atoms with Gasteiger partial charge in [0.25, 0.3) is 5.56 Å². The fraction of sp³-hybridized carbons (Fsp3) is 0.308. The first kappa shape index (κ1) is 13.4. The second-order valence-corrected chi connectivity index (χ2v) is 4.42. The molecule has 0 radical (unpaired) electrons. The number of pyridine rings is 1. The van der Waals surface area contributed by atoms with Crippen LogP contribution in [-0.2, 0) is 6.54 Å². The highest BCUT2D eigenvalue weighted by atomic mass is 19.1. The zero-order valence-electron chi connectivity index (χ0n) is 10.9. The minimum absolute atomic E-state index is 0.154. The lowest BCUT2D eigenvalue weighted by atomic mass is 10.2. The number of likely N-dealkylation sites (N-methyl/N-ethyl adjacent to an activating group) is 1. The fourth-order valence-corrected chi connectivity index (χ4v) is 1.60. The molecule has 2 heterocycles. The minimum atomic E-state index is -0.451. The molecule has 2 rings (SSSR count). The van der Waals surface area contributed by atoms with E-state index in [1.165, 1.54) is 35.1 Å². The van der Waals surface area contributed by atoms with Crippen molar-refractivity contribution in [3.05, 3.63) is 46.6 Å². The Kier molecular flexibility index (Phi) is 4.01. The predicted molar refractivity (Wildman–Crippen MR) is 70.2 cm³/mol. The van der Waals surface area contributed by atoms with E-state index in [2.05, 4.69) is 10.1 Å². The molecular formula is C13H15FN4O. The highest BCUT2D eigenvalue weighted by Gasteiger charge is 2.09. The maximum absolute atomic E-state index is 13.6. The van der Waals surface area contributed by atoms with Crippen LogP contribution in [-0.4, -0.2) is 40.3 Å². The Labute approximate surface area is 110 Å². The van der Waals surface area contributed by atoms with Crippen molar-refractivity contribution >= 4 is 0 Å². The Morgan fingerprint density at radius 3 is 2.79 bits per heavy atom. The Morgan fingerprint density at radius 1 is 1.32 bits per heavy atom. The zero-order valence-corrected chi connectivity index (χ0v) is 10.9. The molecular weight excluding hydrogens is 247 g/mol. The fourth-order valence-electron chi connectivity index (χ4n) is 1.60. The lowest BCUT2D eigenvalue weighted by molar-refractivity contribution is 0.368. The third-order valence-corrected chi connectivity index (χ3v) is 2.63. The van der Waals surface area contributed by atoms with Crippen LogP contribution in [0, 0.1) is 5.82 Å². The van der Waals surface area contributed by atoms with Crippen molar-refractivity contribution in [3.8, 4) is 11.4 Å². The summed E-state index contributed by atoms with van der Waals surface area (Å²) in [7, 11) is 3.82. The molecule has 0 saturated carbocycles. The van der Waals surface area contributed by atoms with Crippen LogP contribution in [0.25, 0.3) is 11.4 Å². The monoisotopic (exact) mass is 262 g/mol. The summed E-state index contributed by atoms with van der Waals surface area (Å²) in [5.41, 5.74) is 0.305. The maximum Gasteiger partial charge on any atom is 0.266 e. The van der Waals surface area contributed by atoms with Gasteiger partial charge in [0.15, 0.2) is 5.82 Å². The van der Waals surface area contributed by atoms with Gasteiger partial charge in [-0.1, -0.05) is 0 Å². The van der Waals surface area contributed by atoms with Gasteiger partial charge in [-0.25, -0.2) is 9.07 Å². The average Bonchev–Trinajstić information content (AvgIpc) is 2.38. The van der Waals surface area contributed by atoms with E-state index in [1.807, 2.05) is 19.0 Å². The number of halogens is 1. The Bertz CT molecular complexity index is 624. The third-order valence-electron chi connectivity index (χ3n) is 2.63. The number of rotatable bonds is 4. The van der Waals surface area contributed by atoms with Crippen molar-refractivity contribution in [2.24, 2.45) is 0 Å². The van der Waals surface area contributed by atoms with Gasteiger partial charge >= 0.3 is 0 Å². The molecule has 0 aliphatic rings. The molecule has 2 aromatic rings. The van der Waals surface area contributed by atoms with Gasteiger partial charge in [0, 0.05) is 18.8 Å². The standard InChI is InChI=1S/C13H15FN4O/c1-17(2)8-9-18-12(19)6-5-11(16-18)13-10(14)4-3-7-15-13/h3-7H,8-9H2,1-2H3. The largest absolute Gasteiger partial charge is 0.308 e. The highest BCUT2D eigenvalue weighted by Crippen LogP contribution is 2.15. The Balaban J connectivity index is 2.36. The first-order valence-electron chi connectivity index (χ1n) is 5.92. The summed E-state index contributed by atoms with van der Waals surface area (Å²) in [6.07, 6.45) is 1.50. The average molecular weight is 262 g/mol. The molecule has 2 aromatic heterocycles. The van der Waals surface area contributed by atoms with Gasteiger partial charge in [-0.2, -0.15) is 5.10 Å². The second-order valence-electron chi connectivity index (χ2n) is 4.42. The van der Waals surface area contributed by atoms with Gasteiger partial charge in [0.1, 0.15) is 11.4 Å². The van der Waals surface area contributed by atoms with Crippen molar-refractivity contribution in [2.45, 2.75) is 6.54 Å². The van der Waals surface area contributed by atoms with Crippen molar-refractivity contribution in [3.63, 3.8) is 0 Å². The van der Waals surface area contributed by atoms with Crippen molar-refractivity contribution in [2.75, 3.05) is 20.6 Å². The van der Waals surface area contributed by atoms with E-state index < -0.39 is 5.82 Å². The molecule has 0 unspecified atom stereocenters. The molecule has 0 fully saturated rings. The van der Waals surface area contributed by atoms with Gasteiger partial charge < -0.3 is 4.90 Å². The molecule has 0 aliphatic heterocycles. The van der Waals surface area contributed by atoms with Gasteiger partial charge in [0.05, 0.1) is 6.54 Å². The summed E-state index contributed by atoms with van der Waals surface area (Å²) in [5, 5.41) is 4.15. The normalized spacial score (nSPS) is 10.9. The smallest absolute Gasteiger partial charge is 0.266 e. The van der Waals surface area contributed by atoms with Crippen LogP contribution in [0.2, 0.25) is 0 Å². The topological polar surface area (TPSA) is 51.0 Å². The third kappa shape index (κ3) is 3.23. The first-order valence-corrected chi connectivity index (χ1v) is 5.92. The van der Waals surface area contributed by atoms with E-state index in [9.17, 15) is 9.18 Å². The van der Waals surface area contributed by atoms with Crippen molar-refractivity contribution in [1.82, 2.24) is 19.7 Å². The summed E-state index contributed by atoms with van der Waals surface area (Å²) < 4.78 is 14.9. The van der Waals surface area contributed by atoms with Crippen LogP contribution in [0.1, 0.15) is 0 Å². The quantitative estimate of drug-likeness (QED) is 0.825. The number of nitrogens with zero attached hydrogens (tertiary/aromatic N) is 4. The zero-order chi connectivity index (χ0) is 13.8. The summed E-state index contributed by atoms with van der Waals surface area (Å²) >= 11 is 0. The van der Waals surface area contributed by atoms with E-state index >= 15 is 0 Å². The molecule has 0 saturated heterocycles. The van der Waals surface area contributed by atoms with Crippen molar-refractivity contribution in [1.29, 1.82) is 0 Å². The lowest BCUT2D eigenvalue weighted by Gasteiger charge is -2.11. The molecule has 6 heteroatoms. The van der Waals surface area contributed by atoms with Crippen LogP contribution in [0.3, 0.4) is 0 Å². The molecule has 19 heavy (non-hydrogen) atoms. The summed E-state index contributed by atoms with van der Waals surface area (Å²) in [4.78, 5) is 17.6. The van der Waals surface area contributed by atoms with E-state index in [4.69, 9.17) is 0 Å². The Morgan fingerprint density at radius 2 is 2.11 bits per heavy atom. The molecule has 0 amide bonds. The minimum Gasteiger partial charge on any atom is -0.308 e. The van der Waals surface area contributed by atoms with Crippen LogP contribution < -0.4 is 5.56 Å². The van der Waals surface area contributed by atoms with Gasteiger partial charge in [-0.15, -0.1) is 0 Å². The maximum atomic E-state index is 13.6. The SMILES string of the molecule is CN(C)CCn1nc(-c2ncccc2F)ccc1=O. The van der Waals surface area contributed by atoms with E-state index in [1.54, 1.807) is 0 Å². The molecule has 0 aliphatic carbocycles. The molecule has 100 valence electrons. The number of hydrogen-bond acceptors (Lipinski definition) is 4. The molecule has 0 spiro atoms. The lowest BCUT2D eigenvalue weighted by Crippen LogP contribution is -2.28. The molecule has 0 bridgehead atoms. The van der Waals surface area contributed by atoms with Crippen LogP contribution in [0.4, 0.5) is 4.39 Å². The second kappa shape index (κ2) is 5.71. The molecule has 5 nitrogen and oxygen atoms in total. The van der Waals surface area contributed by atoms with E-state index in [0.717, 1.165) is 0 Å². The van der Waals surface area contributed by atoms with Gasteiger partial charge in [-0.3, -0.25) is 9.78 Å². The molecule has 0 N–H and O–H groups in total. The van der Waals surface area contributed by atoms with E-state index in [-0.39, 0.29) is 11.3 Å². The first-order chi connectivity index (χ1) is 9.08. The van der Waals surface area contributed by atoms with Crippen LogP contribution in [0.5, 0.6) is 0 Å². The summed E-state index contributed by atoms with van der Waals surface area (Å²) in [5.74, 6) is -0.451. The van der Waals surface area contributed by atoms with E-state index in [0.29, 0.717) is 18.8 Å². The van der Waals surface area contributed by atoms with Crippen LogP contribution >= 0.6 is 0 Å². The molecule has 0 aromatic carbocycles. The van der Waals surface area contributed by atoms with Crippen LogP contribution in [0.15, 0.2) is 35.3 Å². The predicted octanol–water partition coefficient (Wildman–Crippen LogP) is 1.01.